The van der Waals surface area contributed by atoms with Crippen molar-refractivity contribution in [2.75, 3.05) is 5.75 Å². The molecule has 0 atom stereocenters. The van der Waals surface area contributed by atoms with Crippen molar-refractivity contribution in [3.63, 3.8) is 0 Å². The fourth-order valence-corrected chi connectivity index (χ4v) is 1.98. The van der Waals surface area contributed by atoms with Crippen LogP contribution in [0.15, 0.2) is 34.8 Å². The van der Waals surface area contributed by atoms with E-state index in [1.807, 2.05) is 0 Å². The number of nitrogens with zero attached hydrogens (tertiary/aromatic N) is 2. The minimum atomic E-state index is 0.883. The van der Waals surface area contributed by atoms with Crippen LogP contribution in [0.3, 0.4) is 0 Å². The van der Waals surface area contributed by atoms with Crippen LogP contribution in [0.4, 0.5) is 0 Å². The summed E-state index contributed by atoms with van der Waals surface area (Å²) in [5.74, 6) is 0.954. The molecule has 0 spiro atoms. The molecule has 0 aromatic carbocycles. The highest BCUT2D eigenvalue weighted by atomic mass is 32.2. The van der Waals surface area contributed by atoms with Crippen molar-refractivity contribution in [2.45, 2.75) is 38.8 Å². The summed E-state index contributed by atoms with van der Waals surface area (Å²) in [5, 5.41) is 7.52. The Morgan fingerprint density at radius 2 is 2.19 bits per heavy atom. The third-order valence-electron chi connectivity index (χ3n) is 2.14. The fraction of sp³-hybridized carbons (Fsp3) is 0.500. The summed E-state index contributed by atoms with van der Waals surface area (Å²) in [4.78, 5) is 4.06. The van der Waals surface area contributed by atoms with Gasteiger partial charge in [-0.25, -0.2) is 4.98 Å². The van der Waals surface area contributed by atoms with Crippen molar-refractivity contribution in [2.24, 2.45) is 0 Å². The quantitative estimate of drug-likeness (QED) is 0.607. The monoisotopic (exact) mass is 237 g/mol. The molecule has 0 aliphatic heterocycles. The molecule has 88 valence electrons. The van der Waals surface area contributed by atoms with Crippen LogP contribution in [0.25, 0.3) is 0 Å². The Morgan fingerprint density at radius 3 is 2.81 bits per heavy atom. The lowest BCUT2D eigenvalue weighted by molar-refractivity contribution is 0.961. The molecule has 0 aliphatic carbocycles. The molecule has 0 aliphatic rings. The van der Waals surface area contributed by atoms with Gasteiger partial charge in [0.1, 0.15) is 6.33 Å². The zero-order chi connectivity index (χ0) is 11.8. The van der Waals surface area contributed by atoms with Gasteiger partial charge in [0.05, 0.1) is 0 Å². The highest BCUT2D eigenvalue weighted by Gasteiger charge is 1.94. The zero-order valence-electron chi connectivity index (χ0n) is 10.2. The van der Waals surface area contributed by atoms with Gasteiger partial charge in [0, 0.05) is 5.75 Å². The minimum absolute atomic E-state index is 0.883. The maximum atomic E-state index is 4.06. The Hall–Kier alpha value is -1.03. The summed E-state index contributed by atoms with van der Waals surface area (Å²) < 4.78 is 0. The van der Waals surface area contributed by atoms with Crippen LogP contribution in [-0.2, 0) is 0 Å². The molecule has 1 N–H and O–H groups in total. The van der Waals surface area contributed by atoms with Crippen LogP contribution in [0.1, 0.15) is 33.6 Å². The average Bonchev–Trinajstić information content (AvgIpc) is 2.70. The Kier molecular flexibility index (Phi) is 5.93. The van der Waals surface area contributed by atoms with Crippen LogP contribution in [-0.4, -0.2) is 20.9 Å². The van der Waals surface area contributed by atoms with E-state index in [2.05, 4.69) is 48.1 Å². The van der Waals surface area contributed by atoms with Gasteiger partial charge in [-0.15, -0.1) is 0 Å². The van der Waals surface area contributed by atoms with Crippen LogP contribution >= 0.6 is 11.8 Å². The third-order valence-corrected chi connectivity index (χ3v) is 2.94. The molecule has 0 bridgehead atoms. The second kappa shape index (κ2) is 7.28. The number of hydrogen-bond acceptors (Lipinski definition) is 3. The molecule has 4 heteroatoms. The average molecular weight is 237 g/mol. The molecule has 0 fully saturated rings. The predicted molar refractivity (Wildman–Crippen MR) is 69.5 cm³/mol. The summed E-state index contributed by atoms with van der Waals surface area (Å²) in [5.41, 5.74) is 2.83. The topological polar surface area (TPSA) is 41.6 Å². The number of aromatic nitrogens is 3. The number of allylic oxidation sites excluding steroid dienone is 3. The molecule has 0 unspecified atom stereocenters. The van der Waals surface area contributed by atoms with E-state index in [0.717, 1.165) is 23.8 Å². The minimum Gasteiger partial charge on any atom is -0.254 e. The standard InChI is InChI=1S/C12H19N3S/c1-10(2)5-4-6-11(3)7-8-16-12-13-9-14-15-12/h5,7,9H,4,6,8H2,1-3H3,(H,13,14,15)/b11-7+. The SMILES string of the molecule is CC(C)=CCC/C(C)=C/CSc1ncn[nH]1. The van der Waals surface area contributed by atoms with E-state index in [4.69, 9.17) is 0 Å². The highest BCUT2D eigenvalue weighted by Crippen LogP contribution is 2.13. The number of thioether (sulfide) groups is 1. The van der Waals surface area contributed by atoms with Gasteiger partial charge in [0.15, 0.2) is 5.16 Å². The van der Waals surface area contributed by atoms with Crippen molar-refractivity contribution < 1.29 is 0 Å². The molecule has 1 aromatic rings. The van der Waals surface area contributed by atoms with E-state index >= 15 is 0 Å². The van der Waals surface area contributed by atoms with Gasteiger partial charge >= 0.3 is 0 Å². The first-order valence-electron chi connectivity index (χ1n) is 5.45. The van der Waals surface area contributed by atoms with Crippen molar-refractivity contribution in [1.82, 2.24) is 15.2 Å². The third kappa shape index (κ3) is 5.75. The molecule has 0 radical (unpaired) electrons. The maximum absolute atomic E-state index is 4.06. The van der Waals surface area contributed by atoms with Gasteiger partial charge in [-0.05, 0) is 33.6 Å². The Morgan fingerprint density at radius 1 is 1.38 bits per heavy atom. The summed E-state index contributed by atoms with van der Waals surface area (Å²) in [6.07, 6.45) is 8.35. The fourth-order valence-electron chi connectivity index (χ4n) is 1.22. The summed E-state index contributed by atoms with van der Waals surface area (Å²) >= 11 is 1.67. The van der Waals surface area contributed by atoms with Gasteiger partial charge in [0.25, 0.3) is 0 Å². The van der Waals surface area contributed by atoms with Crippen molar-refractivity contribution >= 4 is 11.8 Å². The first-order chi connectivity index (χ1) is 7.68. The molecule has 0 saturated carbocycles. The second-order valence-electron chi connectivity index (χ2n) is 3.97. The molecule has 1 heterocycles. The van der Waals surface area contributed by atoms with E-state index in [-0.39, 0.29) is 0 Å². The van der Waals surface area contributed by atoms with Crippen molar-refractivity contribution in [1.29, 1.82) is 0 Å². The second-order valence-corrected chi connectivity index (χ2v) is 4.98. The maximum Gasteiger partial charge on any atom is 0.183 e. The summed E-state index contributed by atoms with van der Waals surface area (Å²) in [6.45, 7) is 6.46. The van der Waals surface area contributed by atoms with Gasteiger partial charge in [-0.1, -0.05) is 35.1 Å². The molecular weight excluding hydrogens is 218 g/mol. The highest BCUT2D eigenvalue weighted by molar-refractivity contribution is 7.99. The molecule has 16 heavy (non-hydrogen) atoms. The van der Waals surface area contributed by atoms with Gasteiger partial charge < -0.3 is 0 Å². The van der Waals surface area contributed by atoms with E-state index in [1.165, 1.54) is 17.5 Å². The van der Waals surface area contributed by atoms with Crippen LogP contribution in [0.2, 0.25) is 0 Å². The lowest BCUT2D eigenvalue weighted by Gasteiger charge is -1.98. The number of H-pyrrole nitrogens is 1. The van der Waals surface area contributed by atoms with Gasteiger partial charge in [0.2, 0.25) is 0 Å². The lowest BCUT2D eigenvalue weighted by atomic mass is 10.1. The molecular formula is C12H19N3S. The van der Waals surface area contributed by atoms with Crippen molar-refractivity contribution in [3.05, 3.63) is 29.6 Å². The van der Waals surface area contributed by atoms with E-state index in [9.17, 15) is 0 Å². The van der Waals surface area contributed by atoms with Crippen molar-refractivity contribution in [3.8, 4) is 0 Å². The first-order valence-corrected chi connectivity index (χ1v) is 6.44. The molecule has 1 aromatic heterocycles. The Bertz CT molecular complexity index is 348. The number of aromatic amines is 1. The number of rotatable bonds is 6. The first kappa shape index (κ1) is 13.0. The van der Waals surface area contributed by atoms with Gasteiger partial charge in [-0.3, -0.25) is 5.10 Å². The van der Waals surface area contributed by atoms with E-state index in [0.29, 0.717) is 0 Å². The smallest absolute Gasteiger partial charge is 0.183 e. The Labute approximate surface area is 101 Å². The lowest BCUT2D eigenvalue weighted by Crippen LogP contribution is -1.81. The largest absolute Gasteiger partial charge is 0.254 e. The summed E-state index contributed by atoms with van der Waals surface area (Å²) in [7, 11) is 0. The van der Waals surface area contributed by atoms with Gasteiger partial charge in [-0.2, -0.15) is 5.10 Å². The van der Waals surface area contributed by atoms with Crippen LogP contribution < -0.4 is 0 Å². The van der Waals surface area contributed by atoms with Crippen LogP contribution in [0.5, 0.6) is 0 Å². The number of hydrogen-bond donors (Lipinski definition) is 1. The number of nitrogens with one attached hydrogen (secondary N) is 1. The molecule has 1 rings (SSSR count). The normalized spacial score (nSPS) is 11.6. The summed E-state index contributed by atoms with van der Waals surface area (Å²) in [6, 6.07) is 0. The molecule has 0 saturated heterocycles. The molecule has 3 nitrogen and oxygen atoms in total. The van der Waals surface area contributed by atoms with E-state index in [1.54, 1.807) is 11.8 Å². The van der Waals surface area contributed by atoms with E-state index < -0.39 is 0 Å². The zero-order valence-corrected chi connectivity index (χ0v) is 11.0. The molecule has 0 amide bonds. The Balaban J connectivity index is 2.21. The van der Waals surface area contributed by atoms with Crippen LogP contribution in [0, 0.1) is 0 Å². The predicted octanol–water partition coefficient (Wildman–Crippen LogP) is 3.59.